The molecule has 4 aliphatic carbocycles. The standard InChI is InChI=1S/C56H72N8O4.Co/c1-5-19-33(20-6-1)65-45-43-44(46(66-34-21-7-2-8-22-34)48(68-36-25-11-4-12-26-36)47(45)67-35-23-9-3-10-24-35)56-63-54-42-32-18-16-30-40(42)52(61-54)59-50-38-28-14-13-27-37(38)49(57-50)58-51-39-29-15-17-31-41(39)53(60-51)62-55(43)64-56;/h1-12,19-26,37-64H,13-18,27-32H2;. The predicted octanol–water partition coefficient (Wildman–Crippen LogP) is 6.83. The van der Waals surface area contributed by atoms with E-state index in [-0.39, 0.29) is 77.9 Å². The van der Waals surface area contributed by atoms with Crippen LogP contribution >= 0.6 is 0 Å². The minimum absolute atomic E-state index is 0. The van der Waals surface area contributed by atoms with Crippen LogP contribution < -0.4 is 61.5 Å². The van der Waals surface area contributed by atoms with Crippen LogP contribution in [0.1, 0.15) is 77.0 Å². The summed E-state index contributed by atoms with van der Waals surface area (Å²) in [5.74, 6) is 6.19. The molecule has 4 aromatic carbocycles. The zero-order chi connectivity index (χ0) is 45.0. The molecule has 13 rings (SSSR count). The predicted molar refractivity (Wildman–Crippen MR) is 262 cm³/mol. The third-order valence-electron chi connectivity index (χ3n) is 18.1. The molecule has 13 heteroatoms. The van der Waals surface area contributed by atoms with Crippen molar-refractivity contribution in [3.8, 4) is 23.0 Å². The van der Waals surface area contributed by atoms with Crippen molar-refractivity contribution in [3.05, 3.63) is 121 Å². The first-order chi connectivity index (χ1) is 33.7. The van der Waals surface area contributed by atoms with E-state index in [9.17, 15) is 0 Å². The molecule has 1 radical (unpaired) electrons. The Hall–Kier alpha value is -3.73. The van der Waals surface area contributed by atoms with Gasteiger partial charge in [0.2, 0.25) is 0 Å². The van der Waals surface area contributed by atoms with Crippen LogP contribution in [-0.4, -0.2) is 73.7 Å². The Labute approximate surface area is 418 Å². The third-order valence-corrected chi connectivity index (χ3v) is 18.1. The molecule has 8 N–H and O–H groups in total. The fourth-order valence-corrected chi connectivity index (χ4v) is 15.2. The molecule has 4 saturated carbocycles. The normalized spacial score (nSPS) is 42.1. The molecule has 9 aliphatic rings. The van der Waals surface area contributed by atoms with Gasteiger partial charge < -0.3 is 18.9 Å². The van der Waals surface area contributed by atoms with Crippen LogP contribution in [0.4, 0.5) is 0 Å². The van der Waals surface area contributed by atoms with Crippen molar-refractivity contribution in [2.24, 2.45) is 47.3 Å². The maximum absolute atomic E-state index is 7.48. The molecule has 5 saturated heterocycles. The zero-order valence-electron chi connectivity index (χ0n) is 39.5. The van der Waals surface area contributed by atoms with Gasteiger partial charge in [0.1, 0.15) is 35.2 Å². The molecule has 9 fully saturated rings. The van der Waals surface area contributed by atoms with E-state index in [2.05, 4.69) is 103 Å². The zero-order valence-corrected chi connectivity index (χ0v) is 40.6. The molecule has 20 unspecified atom stereocenters. The average molecular weight is 980 g/mol. The Kier molecular flexibility index (Phi) is 13.7. The van der Waals surface area contributed by atoms with Crippen molar-refractivity contribution >= 4 is 0 Å². The number of para-hydroxylation sites is 4. The summed E-state index contributed by atoms with van der Waals surface area (Å²) in [6, 6.07) is 41.1. The number of rotatable bonds is 8. The molecule has 12 nitrogen and oxygen atoms in total. The molecule has 5 aliphatic heterocycles. The minimum Gasteiger partial charge on any atom is -0.486 e. The molecule has 69 heavy (non-hydrogen) atoms. The Morgan fingerprint density at radius 1 is 0.261 bits per heavy atom. The quantitative estimate of drug-likeness (QED) is 0.0942. The molecule has 20 atom stereocenters. The molecule has 4 aromatic rings. The van der Waals surface area contributed by atoms with Crippen LogP contribution in [0.2, 0.25) is 0 Å². The number of hydrogen-bond acceptors (Lipinski definition) is 12. The van der Waals surface area contributed by atoms with Gasteiger partial charge in [-0.3, -0.25) is 42.5 Å². The number of hydrogen-bond donors (Lipinski definition) is 8. The number of fused-ring (bicyclic) bond motifs is 20. The Morgan fingerprint density at radius 2 is 0.464 bits per heavy atom. The van der Waals surface area contributed by atoms with Crippen molar-refractivity contribution in [1.29, 1.82) is 0 Å². The van der Waals surface area contributed by atoms with E-state index < -0.39 is 24.4 Å². The molecule has 8 bridgehead atoms. The van der Waals surface area contributed by atoms with Crippen LogP contribution in [0.5, 0.6) is 23.0 Å². The van der Waals surface area contributed by atoms with Crippen molar-refractivity contribution in [2.45, 2.75) is 151 Å². The smallest absolute Gasteiger partial charge is 0.176 e. The van der Waals surface area contributed by atoms with E-state index in [1.165, 1.54) is 77.0 Å². The van der Waals surface area contributed by atoms with Crippen LogP contribution in [0.3, 0.4) is 0 Å². The van der Waals surface area contributed by atoms with E-state index in [0.717, 1.165) is 23.0 Å². The summed E-state index contributed by atoms with van der Waals surface area (Å²) in [5, 5.41) is 34.5. The van der Waals surface area contributed by atoms with Gasteiger partial charge in [-0.25, -0.2) is 0 Å². The first kappa shape index (κ1) is 46.3. The van der Waals surface area contributed by atoms with Gasteiger partial charge in [-0.05, 0) is 123 Å². The minimum atomic E-state index is -0.578. The maximum Gasteiger partial charge on any atom is 0.176 e. The summed E-state index contributed by atoms with van der Waals surface area (Å²) >= 11 is 0. The number of ether oxygens (including phenoxy) is 4. The van der Waals surface area contributed by atoms with Gasteiger partial charge in [-0.2, -0.15) is 0 Å². The molecule has 0 spiro atoms. The van der Waals surface area contributed by atoms with E-state index in [0.29, 0.717) is 35.5 Å². The van der Waals surface area contributed by atoms with Crippen LogP contribution in [-0.2, 0) is 16.8 Å². The van der Waals surface area contributed by atoms with Crippen LogP contribution in [0, 0.1) is 47.3 Å². The van der Waals surface area contributed by atoms with Crippen LogP contribution in [0.15, 0.2) is 121 Å². The van der Waals surface area contributed by atoms with E-state index in [4.69, 9.17) is 18.9 Å². The van der Waals surface area contributed by atoms with Gasteiger partial charge in [0.15, 0.2) is 12.2 Å². The fourth-order valence-electron chi connectivity index (χ4n) is 15.2. The largest absolute Gasteiger partial charge is 0.486 e. The van der Waals surface area contributed by atoms with Crippen molar-refractivity contribution in [2.75, 3.05) is 0 Å². The summed E-state index contributed by atoms with van der Waals surface area (Å²) in [7, 11) is 0. The van der Waals surface area contributed by atoms with Crippen molar-refractivity contribution < 1.29 is 35.7 Å². The molecular formula is C56H72CoN8O4. The summed E-state index contributed by atoms with van der Waals surface area (Å²) in [4.78, 5) is 0. The van der Waals surface area contributed by atoms with Gasteiger partial charge in [0.25, 0.3) is 0 Å². The van der Waals surface area contributed by atoms with Gasteiger partial charge in [-0.1, -0.05) is 111 Å². The molecule has 5 heterocycles. The Morgan fingerprint density at radius 3 is 0.710 bits per heavy atom. The van der Waals surface area contributed by atoms with E-state index in [1.54, 1.807) is 0 Å². The maximum atomic E-state index is 7.48. The van der Waals surface area contributed by atoms with Crippen molar-refractivity contribution in [3.63, 3.8) is 0 Å². The first-order valence-electron chi connectivity index (χ1n) is 26.6. The Bertz CT molecular complexity index is 2120. The van der Waals surface area contributed by atoms with Gasteiger partial charge in [0.05, 0.1) is 49.3 Å². The van der Waals surface area contributed by atoms with Gasteiger partial charge >= 0.3 is 0 Å². The summed E-state index contributed by atoms with van der Waals surface area (Å²) in [6.07, 6.45) is 13.9. The monoisotopic (exact) mass is 980 g/mol. The Balaban J connectivity index is 0.00000492. The second-order valence-corrected chi connectivity index (χ2v) is 21.7. The molecular weight excluding hydrogens is 908 g/mol. The van der Waals surface area contributed by atoms with Gasteiger partial charge in [-0.15, -0.1) is 0 Å². The second-order valence-electron chi connectivity index (χ2n) is 21.7. The molecule has 0 aromatic heterocycles. The average Bonchev–Trinajstić information content (AvgIpc) is 4.13. The summed E-state index contributed by atoms with van der Waals surface area (Å²) in [5.41, 5.74) is 0. The molecule has 0 amide bonds. The second kappa shape index (κ2) is 20.4. The topological polar surface area (TPSA) is 133 Å². The number of nitrogens with one attached hydrogen (secondary N) is 8. The fraction of sp³-hybridized carbons (Fsp3) is 0.571. The summed E-state index contributed by atoms with van der Waals surface area (Å²) < 4.78 is 29.6. The SMILES string of the molecule is [Co].c1ccc(OC2C(Oc3ccccc3)C(Oc3ccccc3)C3C4NC5NC(NC6NC(NC7NC(NC(N4)C3C2Oc2ccccc2)C2CCCCC72)C2CCCCC62)C2CCCCC52)cc1. The van der Waals surface area contributed by atoms with Crippen LogP contribution in [0.25, 0.3) is 0 Å². The van der Waals surface area contributed by atoms with Crippen molar-refractivity contribution in [1.82, 2.24) is 42.5 Å². The third kappa shape index (κ3) is 9.12. The summed E-state index contributed by atoms with van der Waals surface area (Å²) in [6.45, 7) is 0. The first-order valence-corrected chi connectivity index (χ1v) is 26.6. The molecule has 369 valence electrons. The van der Waals surface area contributed by atoms with E-state index >= 15 is 0 Å². The van der Waals surface area contributed by atoms with Gasteiger partial charge in [0, 0.05) is 28.6 Å². The number of benzene rings is 4. The van der Waals surface area contributed by atoms with E-state index in [1.807, 2.05) is 60.7 Å².